The van der Waals surface area contributed by atoms with Crippen molar-refractivity contribution in [1.29, 1.82) is 0 Å². The maximum atomic E-state index is 13.6. The molecule has 1 aromatic rings. The van der Waals surface area contributed by atoms with Crippen molar-refractivity contribution in [1.82, 2.24) is 0 Å². The Morgan fingerprint density at radius 3 is 2.75 bits per heavy atom. The maximum absolute atomic E-state index is 13.6. The molecular weight excluding hydrogens is 205 g/mol. The zero-order valence-electron chi connectivity index (χ0n) is 9.58. The molecule has 1 saturated carbocycles. The summed E-state index contributed by atoms with van der Waals surface area (Å²) in [5.74, 6) is 0.753. The summed E-state index contributed by atoms with van der Waals surface area (Å²) in [7, 11) is 0. The highest BCUT2D eigenvalue weighted by molar-refractivity contribution is 5.47. The number of hydrogen-bond donors (Lipinski definition) is 1. The fraction of sp³-hybridized carbons (Fsp3) is 0.538. The largest absolute Gasteiger partial charge is 0.487 e. The van der Waals surface area contributed by atoms with E-state index >= 15 is 0 Å². The zero-order valence-corrected chi connectivity index (χ0v) is 9.58. The van der Waals surface area contributed by atoms with Gasteiger partial charge in [-0.05, 0) is 49.9 Å². The smallest absolute Gasteiger partial charge is 0.137 e. The Morgan fingerprint density at radius 2 is 2.06 bits per heavy atom. The summed E-state index contributed by atoms with van der Waals surface area (Å²) in [4.78, 5) is 0. The quantitative estimate of drug-likeness (QED) is 0.781. The summed E-state index contributed by atoms with van der Waals surface area (Å²) in [6.07, 6.45) is 2.35. The highest BCUT2D eigenvalue weighted by atomic mass is 19.1. The Balaban J connectivity index is 2.07. The van der Waals surface area contributed by atoms with Gasteiger partial charge in [0.1, 0.15) is 18.0 Å². The molecule has 2 atom stereocenters. The van der Waals surface area contributed by atoms with Gasteiger partial charge in [-0.2, -0.15) is 0 Å². The first-order valence-electron chi connectivity index (χ1n) is 5.83. The van der Waals surface area contributed by atoms with Crippen LogP contribution >= 0.6 is 0 Å². The molecule has 2 N–H and O–H groups in total. The van der Waals surface area contributed by atoms with Gasteiger partial charge in [0.2, 0.25) is 0 Å². The second kappa shape index (κ2) is 4.73. The Morgan fingerprint density at radius 1 is 1.31 bits per heavy atom. The number of rotatable bonds is 2. The summed E-state index contributed by atoms with van der Waals surface area (Å²) in [6.45, 7) is 1.93. The molecule has 1 aromatic carbocycles. The SMILES string of the molecule is Cc1cc(N)ccc1O[C@H]1CCCC[C@@H]1F. The van der Waals surface area contributed by atoms with Gasteiger partial charge in [0, 0.05) is 5.69 Å². The summed E-state index contributed by atoms with van der Waals surface area (Å²) in [5.41, 5.74) is 7.34. The third kappa shape index (κ3) is 2.46. The summed E-state index contributed by atoms with van der Waals surface area (Å²) in [6, 6.07) is 5.47. The van der Waals surface area contributed by atoms with Gasteiger partial charge in [-0.25, -0.2) is 4.39 Å². The van der Waals surface area contributed by atoms with E-state index in [1.165, 1.54) is 0 Å². The number of anilines is 1. The summed E-state index contributed by atoms with van der Waals surface area (Å²) in [5, 5.41) is 0. The van der Waals surface area contributed by atoms with E-state index in [1.807, 2.05) is 19.1 Å². The molecule has 0 aliphatic heterocycles. The topological polar surface area (TPSA) is 35.2 Å². The number of nitrogen functional groups attached to an aromatic ring is 1. The molecule has 0 bridgehead atoms. The first-order chi connectivity index (χ1) is 7.66. The summed E-state index contributed by atoms with van der Waals surface area (Å²) < 4.78 is 19.3. The van der Waals surface area contributed by atoms with Gasteiger partial charge in [-0.15, -0.1) is 0 Å². The lowest BCUT2D eigenvalue weighted by atomic mass is 9.96. The second-order valence-electron chi connectivity index (χ2n) is 4.48. The lowest BCUT2D eigenvalue weighted by Gasteiger charge is -2.27. The van der Waals surface area contributed by atoms with Crippen LogP contribution in [0.2, 0.25) is 0 Å². The second-order valence-corrected chi connectivity index (χ2v) is 4.48. The molecule has 2 rings (SSSR count). The number of alkyl halides is 1. The predicted octanol–water partition coefficient (Wildman–Crippen LogP) is 3.24. The molecule has 88 valence electrons. The molecule has 0 saturated heterocycles. The third-order valence-corrected chi connectivity index (χ3v) is 3.10. The minimum absolute atomic E-state index is 0.281. The average Bonchev–Trinajstić information content (AvgIpc) is 2.25. The lowest BCUT2D eigenvalue weighted by molar-refractivity contribution is 0.0633. The Kier molecular flexibility index (Phi) is 3.32. The van der Waals surface area contributed by atoms with E-state index in [-0.39, 0.29) is 6.10 Å². The molecule has 0 heterocycles. The van der Waals surface area contributed by atoms with Crippen LogP contribution in [0.4, 0.5) is 10.1 Å². The van der Waals surface area contributed by atoms with Crippen LogP contribution in [0.15, 0.2) is 18.2 Å². The Labute approximate surface area is 95.6 Å². The van der Waals surface area contributed by atoms with E-state index in [9.17, 15) is 4.39 Å². The van der Waals surface area contributed by atoms with Gasteiger partial charge in [-0.1, -0.05) is 6.42 Å². The number of aryl methyl sites for hydroxylation is 1. The van der Waals surface area contributed by atoms with Gasteiger partial charge in [-0.3, -0.25) is 0 Å². The van der Waals surface area contributed by atoms with Crippen molar-refractivity contribution in [3.05, 3.63) is 23.8 Å². The molecule has 1 fully saturated rings. The standard InChI is InChI=1S/C13H18FNO/c1-9-8-10(15)6-7-12(9)16-13-5-3-2-4-11(13)14/h6-8,11,13H,2-5,15H2,1H3/t11-,13-/m0/s1. The van der Waals surface area contributed by atoms with Crippen LogP contribution in [-0.2, 0) is 0 Å². The molecule has 0 unspecified atom stereocenters. The third-order valence-electron chi connectivity index (χ3n) is 3.10. The minimum atomic E-state index is -0.828. The molecule has 2 nitrogen and oxygen atoms in total. The zero-order chi connectivity index (χ0) is 11.5. The normalized spacial score (nSPS) is 25.4. The van der Waals surface area contributed by atoms with Crippen LogP contribution in [0.5, 0.6) is 5.75 Å². The van der Waals surface area contributed by atoms with E-state index in [1.54, 1.807) is 6.07 Å². The van der Waals surface area contributed by atoms with Gasteiger partial charge in [0.25, 0.3) is 0 Å². The average molecular weight is 223 g/mol. The fourth-order valence-corrected chi connectivity index (χ4v) is 2.15. The van der Waals surface area contributed by atoms with Gasteiger partial charge < -0.3 is 10.5 Å². The van der Waals surface area contributed by atoms with E-state index in [0.29, 0.717) is 12.1 Å². The van der Waals surface area contributed by atoms with Gasteiger partial charge in [0.05, 0.1) is 0 Å². The van der Waals surface area contributed by atoms with E-state index in [2.05, 4.69) is 0 Å². The van der Waals surface area contributed by atoms with Crippen LogP contribution in [0.25, 0.3) is 0 Å². The lowest BCUT2D eigenvalue weighted by Crippen LogP contribution is -2.31. The van der Waals surface area contributed by atoms with E-state index in [0.717, 1.165) is 30.6 Å². The minimum Gasteiger partial charge on any atom is -0.487 e. The van der Waals surface area contributed by atoms with Crippen molar-refractivity contribution < 1.29 is 9.13 Å². The Bertz CT molecular complexity index is 367. The highest BCUT2D eigenvalue weighted by Gasteiger charge is 2.26. The Hall–Kier alpha value is -1.25. The van der Waals surface area contributed by atoms with Crippen LogP contribution in [0, 0.1) is 6.92 Å². The van der Waals surface area contributed by atoms with Crippen molar-refractivity contribution in [3.63, 3.8) is 0 Å². The predicted molar refractivity (Wildman–Crippen MR) is 63.4 cm³/mol. The number of ether oxygens (including phenoxy) is 1. The monoisotopic (exact) mass is 223 g/mol. The molecule has 16 heavy (non-hydrogen) atoms. The number of benzene rings is 1. The highest BCUT2D eigenvalue weighted by Crippen LogP contribution is 2.28. The van der Waals surface area contributed by atoms with Crippen molar-refractivity contribution in [2.75, 3.05) is 5.73 Å². The van der Waals surface area contributed by atoms with E-state index in [4.69, 9.17) is 10.5 Å². The number of hydrogen-bond acceptors (Lipinski definition) is 2. The summed E-state index contributed by atoms with van der Waals surface area (Å²) >= 11 is 0. The fourth-order valence-electron chi connectivity index (χ4n) is 2.15. The molecule has 0 spiro atoms. The van der Waals surface area contributed by atoms with Crippen LogP contribution in [0.1, 0.15) is 31.2 Å². The van der Waals surface area contributed by atoms with E-state index < -0.39 is 6.17 Å². The molecule has 0 amide bonds. The molecule has 0 aromatic heterocycles. The van der Waals surface area contributed by atoms with Crippen molar-refractivity contribution in [2.24, 2.45) is 0 Å². The number of nitrogens with two attached hydrogens (primary N) is 1. The molecule has 1 aliphatic rings. The number of halogens is 1. The van der Waals surface area contributed by atoms with Crippen molar-refractivity contribution in [2.45, 2.75) is 44.9 Å². The van der Waals surface area contributed by atoms with Crippen molar-refractivity contribution in [3.8, 4) is 5.75 Å². The first-order valence-corrected chi connectivity index (χ1v) is 5.83. The molecule has 0 radical (unpaired) electrons. The van der Waals surface area contributed by atoms with Crippen molar-refractivity contribution >= 4 is 5.69 Å². The van der Waals surface area contributed by atoms with Crippen LogP contribution in [-0.4, -0.2) is 12.3 Å². The molecular formula is C13H18FNO. The molecule has 3 heteroatoms. The maximum Gasteiger partial charge on any atom is 0.137 e. The first kappa shape index (κ1) is 11.2. The van der Waals surface area contributed by atoms with Gasteiger partial charge in [0.15, 0.2) is 0 Å². The molecule has 1 aliphatic carbocycles. The van der Waals surface area contributed by atoms with Crippen LogP contribution < -0.4 is 10.5 Å². The van der Waals surface area contributed by atoms with Crippen LogP contribution in [0.3, 0.4) is 0 Å². The van der Waals surface area contributed by atoms with Gasteiger partial charge >= 0.3 is 0 Å².